The summed E-state index contributed by atoms with van der Waals surface area (Å²) in [6, 6.07) is 22.9. The van der Waals surface area contributed by atoms with E-state index in [1.54, 1.807) is 17.0 Å². The first kappa shape index (κ1) is 20.4. The molecular weight excluding hydrogens is 462 g/mol. The van der Waals surface area contributed by atoms with E-state index in [0.717, 1.165) is 21.4 Å². The minimum atomic E-state index is -0.195. The third kappa shape index (κ3) is 4.04. The van der Waals surface area contributed by atoms with Gasteiger partial charge in [-0.1, -0.05) is 57.9 Å². The summed E-state index contributed by atoms with van der Waals surface area (Å²) in [7, 11) is 3.98. The number of hydrogen-bond acceptors (Lipinski definition) is 3. The van der Waals surface area contributed by atoms with Crippen LogP contribution in [0.4, 0.5) is 11.4 Å². The second kappa shape index (κ2) is 8.46. The maximum absolute atomic E-state index is 13.4. The number of carbonyl (C=O) groups excluding carboxylic acids is 1. The third-order valence-electron chi connectivity index (χ3n) is 4.75. The lowest BCUT2D eigenvalue weighted by Crippen LogP contribution is -2.32. The lowest BCUT2D eigenvalue weighted by molar-refractivity contribution is -0.113. The zero-order chi connectivity index (χ0) is 21.3. The fourth-order valence-electron chi connectivity index (χ4n) is 3.22. The van der Waals surface area contributed by atoms with Crippen LogP contribution in [0, 0.1) is 0 Å². The highest BCUT2D eigenvalue weighted by Crippen LogP contribution is 2.31. The van der Waals surface area contributed by atoms with Crippen molar-refractivity contribution in [2.45, 2.75) is 0 Å². The SMILES string of the molecule is CN(C)c1ccc(/C=C2/N=C(c3ccccc3Cl)N(c3cccc(Br)c3)C2=O)cc1. The molecular formula is C24H19BrClN3O. The van der Waals surface area contributed by atoms with Crippen LogP contribution in [-0.2, 0) is 4.79 Å². The molecule has 0 fully saturated rings. The molecule has 6 heteroatoms. The number of rotatable bonds is 4. The van der Waals surface area contributed by atoms with E-state index in [4.69, 9.17) is 11.6 Å². The first-order valence-electron chi connectivity index (χ1n) is 9.37. The second-order valence-electron chi connectivity index (χ2n) is 7.05. The van der Waals surface area contributed by atoms with Gasteiger partial charge in [-0.25, -0.2) is 4.99 Å². The Morgan fingerprint density at radius 2 is 1.73 bits per heavy atom. The van der Waals surface area contributed by atoms with Crippen LogP contribution in [0.2, 0.25) is 5.02 Å². The number of benzene rings is 3. The number of anilines is 2. The van der Waals surface area contributed by atoms with Crippen molar-refractivity contribution in [2.24, 2.45) is 4.99 Å². The van der Waals surface area contributed by atoms with Crippen LogP contribution < -0.4 is 9.80 Å². The number of hydrogen-bond donors (Lipinski definition) is 0. The molecule has 4 rings (SSSR count). The predicted octanol–water partition coefficient (Wildman–Crippen LogP) is 6.00. The molecule has 1 aliphatic rings. The van der Waals surface area contributed by atoms with Crippen molar-refractivity contribution in [1.29, 1.82) is 0 Å². The van der Waals surface area contributed by atoms with Gasteiger partial charge in [-0.3, -0.25) is 9.69 Å². The van der Waals surface area contributed by atoms with Gasteiger partial charge in [-0.2, -0.15) is 0 Å². The molecule has 30 heavy (non-hydrogen) atoms. The Morgan fingerprint density at radius 1 is 1.00 bits per heavy atom. The minimum Gasteiger partial charge on any atom is -0.378 e. The number of carbonyl (C=O) groups is 1. The van der Waals surface area contributed by atoms with Crippen molar-refractivity contribution >= 4 is 56.7 Å². The molecule has 1 aliphatic heterocycles. The van der Waals surface area contributed by atoms with Crippen LogP contribution in [0.1, 0.15) is 11.1 Å². The smallest absolute Gasteiger partial charge is 0.282 e. The molecule has 0 bridgehead atoms. The van der Waals surface area contributed by atoms with Gasteiger partial charge in [-0.05, 0) is 54.1 Å². The molecule has 0 N–H and O–H groups in total. The predicted molar refractivity (Wildman–Crippen MR) is 128 cm³/mol. The Bertz CT molecular complexity index is 1170. The molecule has 0 radical (unpaired) electrons. The fraction of sp³-hybridized carbons (Fsp3) is 0.0833. The van der Waals surface area contributed by atoms with Crippen molar-refractivity contribution in [3.8, 4) is 0 Å². The van der Waals surface area contributed by atoms with Crippen molar-refractivity contribution in [2.75, 3.05) is 23.9 Å². The van der Waals surface area contributed by atoms with Gasteiger partial charge >= 0.3 is 0 Å². The quantitative estimate of drug-likeness (QED) is 0.429. The number of halogens is 2. The molecule has 3 aromatic carbocycles. The molecule has 4 nitrogen and oxygen atoms in total. The number of amidine groups is 1. The van der Waals surface area contributed by atoms with Gasteiger partial charge in [0.1, 0.15) is 11.5 Å². The molecule has 150 valence electrons. The Morgan fingerprint density at radius 3 is 2.40 bits per heavy atom. The molecule has 0 unspecified atom stereocenters. The molecule has 0 spiro atoms. The van der Waals surface area contributed by atoms with Gasteiger partial charge in [-0.15, -0.1) is 0 Å². The van der Waals surface area contributed by atoms with E-state index in [0.29, 0.717) is 22.1 Å². The van der Waals surface area contributed by atoms with Crippen LogP contribution in [-0.4, -0.2) is 25.8 Å². The summed E-state index contributed by atoms with van der Waals surface area (Å²) in [5, 5.41) is 0.542. The zero-order valence-corrected chi connectivity index (χ0v) is 18.9. The largest absolute Gasteiger partial charge is 0.378 e. The topological polar surface area (TPSA) is 35.9 Å². The van der Waals surface area contributed by atoms with E-state index < -0.39 is 0 Å². The summed E-state index contributed by atoms with van der Waals surface area (Å²) in [6.45, 7) is 0. The molecule has 0 aliphatic carbocycles. The highest BCUT2D eigenvalue weighted by atomic mass is 79.9. The average Bonchev–Trinajstić information content (AvgIpc) is 3.04. The van der Waals surface area contributed by atoms with Crippen LogP contribution in [0.3, 0.4) is 0 Å². The van der Waals surface area contributed by atoms with Crippen LogP contribution in [0.25, 0.3) is 6.08 Å². The number of nitrogens with zero attached hydrogens (tertiary/aromatic N) is 3. The Hall–Kier alpha value is -2.89. The molecule has 1 amide bonds. The van der Waals surface area contributed by atoms with Gasteiger partial charge in [0, 0.05) is 29.8 Å². The lowest BCUT2D eigenvalue weighted by atomic mass is 10.1. The van der Waals surface area contributed by atoms with Gasteiger partial charge in [0.05, 0.1) is 10.7 Å². The standard InChI is InChI=1S/C24H19BrClN3O/c1-28(2)18-12-10-16(11-13-18)14-22-24(30)29(19-7-5-6-17(25)15-19)23(27-22)20-8-3-4-9-21(20)26/h3-15H,1-2H3/b22-14+. The maximum Gasteiger partial charge on any atom is 0.282 e. The van der Waals surface area contributed by atoms with Crippen molar-refractivity contribution in [3.05, 3.63) is 99.1 Å². The normalized spacial score (nSPS) is 14.9. The average molecular weight is 481 g/mol. The number of amides is 1. The van der Waals surface area contributed by atoms with Gasteiger partial charge in [0.2, 0.25) is 0 Å². The Labute approximate surface area is 189 Å². The van der Waals surface area contributed by atoms with Crippen molar-refractivity contribution in [1.82, 2.24) is 0 Å². The first-order valence-corrected chi connectivity index (χ1v) is 10.5. The van der Waals surface area contributed by atoms with Crippen LogP contribution in [0.5, 0.6) is 0 Å². The van der Waals surface area contributed by atoms with E-state index in [-0.39, 0.29) is 5.91 Å². The van der Waals surface area contributed by atoms with Crippen LogP contribution >= 0.6 is 27.5 Å². The van der Waals surface area contributed by atoms with Crippen molar-refractivity contribution < 1.29 is 4.79 Å². The molecule has 3 aromatic rings. The van der Waals surface area contributed by atoms with E-state index in [2.05, 4.69) is 20.9 Å². The summed E-state index contributed by atoms with van der Waals surface area (Å²) in [4.78, 5) is 21.7. The highest BCUT2D eigenvalue weighted by Gasteiger charge is 2.33. The maximum atomic E-state index is 13.4. The summed E-state index contributed by atoms with van der Waals surface area (Å²) in [5.41, 5.74) is 3.79. The molecule has 1 heterocycles. The molecule has 0 saturated heterocycles. The molecule has 0 saturated carbocycles. The number of aliphatic imine (C=N–C) groups is 1. The van der Waals surface area contributed by atoms with E-state index in [1.807, 2.05) is 85.7 Å². The summed E-state index contributed by atoms with van der Waals surface area (Å²) in [5.74, 6) is 0.319. The molecule has 0 aromatic heterocycles. The lowest BCUT2D eigenvalue weighted by Gasteiger charge is -2.19. The highest BCUT2D eigenvalue weighted by molar-refractivity contribution is 9.10. The Kier molecular flexibility index (Phi) is 5.75. The Balaban J connectivity index is 1.81. The van der Waals surface area contributed by atoms with Crippen LogP contribution in [0.15, 0.2) is 88.0 Å². The van der Waals surface area contributed by atoms with E-state index >= 15 is 0 Å². The second-order valence-corrected chi connectivity index (χ2v) is 8.37. The van der Waals surface area contributed by atoms with Gasteiger partial charge in [0.25, 0.3) is 5.91 Å². The summed E-state index contributed by atoms with van der Waals surface area (Å²) >= 11 is 9.92. The van der Waals surface area contributed by atoms with E-state index in [9.17, 15) is 4.79 Å². The fourth-order valence-corrected chi connectivity index (χ4v) is 3.83. The summed E-state index contributed by atoms with van der Waals surface area (Å²) < 4.78 is 0.878. The minimum absolute atomic E-state index is 0.195. The van der Waals surface area contributed by atoms with Crippen molar-refractivity contribution in [3.63, 3.8) is 0 Å². The third-order valence-corrected chi connectivity index (χ3v) is 5.58. The monoisotopic (exact) mass is 479 g/mol. The zero-order valence-electron chi connectivity index (χ0n) is 16.5. The summed E-state index contributed by atoms with van der Waals surface area (Å²) in [6.07, 6.45) is 1.80. The van der Waals surface area contributed by atoms with Gasteiger partial charge in [0.15, 0.2) is 0 Å². The van der Waals surface area contributed by atoms with E-state index in [1.165, 1.54) is 0 Å². The van der Waals surface area contributed by atoms with Gasteiger partial charge < -0.3 is 4.90 Å². The first-order chi connectivity index (χ1) is 14.4. The molecule has 0 atom stereocenters.